The fourth-order valence-corrected chi connectivity index (χ4v) is 1.46. The molecule has 0 radical (unpaired) electrons. The summed E-state index contributed by atoms with van der Waals surface area (Å²) in [7, 11) is -4.25. The molecule has 1 atom stereocenters. The molecule has 4 N–H and O–H groups in total. The molecule has 0 aliphatic carbocycles. The van der Waals surface area contributed by atoms with Crippen LogP contribution in [0.1, 0.15) is 6.92 Å². The Kier molecular flexibility index (Phi) is 2.02. The number of nitrogens with one attached hydrogen (secondary N) is 1. The normalized spacial score (nSPS) is 24.0. The van der Waals surface area contributed by atoms with Gasteiger partial charge in [0.1, 0.15) is 0 Å². The largest absolute Gasteiger partial charge is 0.368 e. The maximum absolute atomic E-state index is 10.6. The predicted octanol–water partition coefficient (Wildman–Crippen LogP) is -1.51. The number of hydrogen-bond acceptors (Lipinski definition) is 6. The number of nitrogens with zero attached hydrogens (tertiary/aromatic N) is 2. The van der Waals surface area contributed by atoms with Gasteiger partial charge in [-0.15, -0.1) is 0 Å². The zero-order valence-electron chi connectivity index (χ0n) is 6.22. The fraction of sp³-hybridized carbons (Fsp3) is 0.500. The van der Waals surface area contributed by atoms with Crippen LogP contribution in [0.2, 0.25) is 0 Å². The third kappa shape index (κ3) is 1.71. The van der Waals surface area contributed by atoms with E-state index in [-0.39, 0.29) is 11.7 Å². The van der Waals surface area contributed by atoms with E-state index in [1.165, 1.54) is 6.92 Å². The van der Waals surface area contributed by atoms with Gasteiger partial charge in [0.15, 0.2) is 0 Å². The molecule has 0 spiro atoms. The molecule has 12 heavy (non-hydrogen) atoms. The molecule has 1 heterocycles. The zero-order valence-corrected chi connectivity index (χ0v) is 7.04. The standard InChI is InChI=1S/C4H8N4O3S/c1-2-3(12(9,10)11)6-4(5)8-7-2/h3H,1H3,(H3,5,6,8)(H,9,10,11). The Bertz CT molecular complexity index is 343. The monoisotopic (exact) mass is 192 g/mol. The van der Waals surface area contributed by atoms with Crippen molar-refractivity contribution in [2.45, 2.75) is 12.3 Å². The molecule has 0 aromatic heterocycles. The second-order valence-corrected chi connectivity index (χ2v) is 3.72. The highest BCUT2D eigenvalue weighted by Gasteiger charge is 2.28. The molecule has 0 fully saturated rings. The molecule has 8 heteroatoms. The zero-order chi connectivity index (χ0) is 9.35. The Morgan fingerprint density at radius 1 is 1.67 bits per heavy atom. The lowest BCUT2D eigenvalue weighted by molar-refractivity contribution is 0.477. The minimum absolute atomic E-state index is 0.136. The summed E-state index contributed by atoms with van der Waals surface area (Å²) >= 11 is 0. The molecule has 7 nitrogen and oxygen atoms in total. The van der Waals surface area contributed by atoms with Crippen LogP contribution in [-0.2, 0) is 10.1 Å². The summed E-state index contributed by atoms with van der Waals surface area (Å²) in [5, 5.41) is 2.15. The van der Waals surface area contributed by atoms with Gasteiger partial charge in [0, 0.05) is 0 Å². The average Bonchev–Trinajstić information content (AvgIpc) is 1.92. The molecule has 1 unspecified atom stereocenters. The van der Waals surface area contributed by atoms with Crippen molar-refractivity contribution in [2.24, 2.45) is 15.8 Å². The van der Waals surface area contributed by atoms with E-state index in [2.05, 4.69) is 15.5 Å². The van der Waals surface area contributed by atoms with Gasteiger partial charge in [-0.3, -0.25) is 4.55 Å². The van der Waals surface area contributed by atoms with Crippen LogP contribution in [0.15, 0.2) is 10.1 Å². The van der Waals surface area contributed by atoms with Crippen LogP contribution in [0.5, 0.6) is 0 Å². The molecule has 68 valence electrons. The molecule has 0 saturated carbocycles. The fourth-order valence-electron chi connectivity index (χ4n) is 0.731. The number of guanidine groups is 1. The van der Waals surface area contributed by atoms with E-state index in [4.69, 9.17) is 10.3 Å². The van der Waals surface area contributed by atoms with E-state index in [1.54, 1.807) is 0 Å². The molecular formula is C4H8N4O3S. The Morgan fingerprint density at radius 3 is 2.67 bits per heavy atom. The van der Waals surface area contributed by atoms with E-state index in [0.717, 1.165) is 0 Å². The topological polar surface area (TPSA) is 117 Å². The average molecular weight is 192 g/mol. The quantitative estimate of drug-likeness (QED) is 0.437. The van der Waals surface area contributed by atoms with Crippen LogP contribution in [-0.4, -0.2) is 30.0 Å². The molecule has 0 aromatic carbocycles. The summed E-state index contributed by atoms with van der Waals surface area (Å²) in [5.41, 5.74) is 7.56. The van der Waals surface area contributed by atoms with Crippen molar-refractivity contribution >= 4 is 21.8 Å². The lowest BCUT2D eigenvalue weighted by atomic mass is 10.4. The maximum Gasteiger partial charge on any atom is 0.294 e. The summed E-state index contributed by atoms with van der Waals surface area (Å²) in [6, 6.07) is 0. The van der Waals surface area contributed by atoms with Crippen LogP contribution in [0.25, 0.3) is 0 Å². The van der Waals surface area contributed by atoms with Gasteiger partial charge in [0.2, 0.25) is 11.3 Å². The van der Waals surface area contributed by atoms with E-state index >= 15 is 0 Å². The second kappa shape index (κ2) is 2.72. The van der Waals surface area contributed by atoms with Gasteiger partial charge in [0.05, 0.1) is 5.71 Å². The molecule has 0 amide bonds. The SMILES string of the molecule is CC1=NNC(N)=NC1S(=O)(=O)O. The van der Waals surface area contributed by atoms with Crippen molar-refractivity contribution in [3.63, 3.8) is 0 Å². The third-order valence-electron chi connectivity index (χ3n) is 1.24. The van der Waals surface area contributed by atoms with Gasteiger partial charge in [-0.05, 0) is 6.92 Å². The first-order valence-corrected chi connectivity index (χ1v) is 4.51. The minimum Gasteiger partial charge on any atom is -0.368 e. The van der Waals surface area contributed by atoms with Gasteiger partial charge in [-0.25, -0.2) is 10.4 Å². The highest BCUT2D eigenvalue weighted by Crippen LogP contribution is 2.05. The molecule has 1 rings (SSSR count). The van der Waals surface area contributed by atoms with E-state index < -0.39 is 15.5 Å². The van der Waals surface area contributed by atoms with Gasteiger partial charge >= 0.3 is 0 Å². The highest BCUT2D eigenvalue weighted by atomic mass is 32.2. The molecule has 0 saturated heterocycles. The van der Waals surface area contributed by atoms with Crippen molar-refractivity contribution in [3.8, 4) is 0 Å². The van der Waals surface area contributed by atoms with Crippen LogP contribution in [0, 0.1) is 0 Å². The summed E-state index contributed by atoms with van der Waals surface area (Å²) in [5.74, 6) is -0.136. The third-order valence-corrected chi connectivity index (χ3v) is 2.25. The molecular weight excluding hydrogens is 184 g/mol. The van der Waals surface area contributed by atoms with E-state index in [0.29, 0.717) is 0 Å². The lowest BCUT2D eigenvalue weighted by Gasteiger charge is -2.14. The maximum atomic E-state index is 10.6. The number of rotatable bonds is 1. The molecule has 1 aliphatic heterocycles. The van der Waals surface area contributed by atoms with Crippen LogP contribution < -0.4 is 11.2 Å². The Labute approximate surface area is 69.1 Å². The first-order chi connectivity index (χ1) is 5.41. The smallest absolute Gasteiger partial charge is 0.294 e. The highest BCUT2D eigenvalue weighted by molar-refractivity contribution is 7.87. The first kappa shape index (κ1) is 8.94. The van der Waals surface area contributed by atoms with Crippen molar-refractivity contribution < 1.29 is 13.0 Å². The van der Waals surface area contributed by atoms with Crippen LogP contribution in [0.3, 0.4) is 0 Å². The Hall–Kier alpha value is -1.15. The van der Waals surface area contributed by atoms with E-state index in [1.807, 2.05) is 0 Å². The van der Waals surface area contributed by atoms with Crippen LogP contribution >= 0.6 is 0 Å². The number of nitrogens with two attached hydrogens (primary N) is 1. The number of hydrogen-bond donors (Lipinski definition) is 3. The minimum atomic E-state index is -4.25. The van der Waals surface area contributed by atoms with Crippen molar-refractivity contribution in [3.05, 3.63) is 0 Å². The van der Waals surface area contributed by atoms with Gasteiger partial charge < -0.3 is 5.73 Å². The molecule has 0 aromatic rings. The van der Waals surface area contributed by atoms with Gasteiger partial charge in [-0.1, -0.05) is 0 Å². The summed E-state index contributed by atoms with van der Waals surface area (Å²) in [4.78, 5) is 3.45. The molecule has 0 bridgehead atoms. The first-order valence-electron chi connectivity index (χ1n) is 3.01. The van der Waals surface area contributed by atoms with Gasteiger partial charge in [-0.2, -0.15) is 13.5 Å². The lowest BCUT2D eigenvalue weighted by Crippen LogP contribution is -2.40. The summed E-state index contributed by atoms with van der Waals surface area (Å²) in [6.45, 7) is 1.42. The number of aliphatic imine (C=N–C) groups is 1. The number of hydrazone groups is 1. The Morgan fingerprint density at radius 2 is 2.25 bits per heavy atom. The van der Waals surface area contributed by atoms with Crippen molar-refractivity contribution in [2.75, 3.05) is 0 Å². The molecule has 1 aliphatic rings. The van der Waals surface area contributed by atoms with Gasteiger partial charge in [0.25, 0.3) is 10.1 Å². The van der Waals surface area contributed by atoms with Crippen molar-refractivity contribution in [1.82, 2.24) is 5.43 Å². The summed E-state index contributed by atoms with van der Waals surface area (Å²) < 4.78 is 29.9. The predicted molar refractivity (Wildman–Crippen MR) is 43.2 cm³/mol. The van der Waals surface area contributed by atoms with Crippen LogP contribution in [0.4, 0.5) is 0 Å². The summed E-state index contributed by atoms with van der Waals surface area (Å²) in [6.07, 6.45) is 0. The van der Waals surface area contributed by atoms with Crippen molar-refractivity contribution in [1.29, 1.82) is 0 Å². The van der Waals surface area contributed by atoms with E-state index in [9.17, 15) is 8.42 Å². The second-order valence-electron chi connectivity index (χ2n) is 2.25. The Balaban J connectivity index is 3.04.